The van der Waals surface area contributed by atoms with E-state index in [0.29, 0.717) is 44.9 Å². The molecule has 0 radical (unpaired) electrons. The number of nitrogens with one attached hydrogen (secondary N) is 1. The molecule has 0 aliphatic carbocycles. The number of alkyl halides is 6. The van der Waals surface area contributed by atoms with Crippen LogP contribution < -0.4 is 0 Å². The molecule has 2 amide bonds. The summed E-state index contributed by atoms with van der Waals surface area (Å²) in [4.78, 5) is 37.0. The van der Waals surface area contributed by atoms with Crippen molar-refractivity contribution < 1.29 is 41.0 Å². The Hall–Kier alpha value is -3.62. The fourth-order valence-electron chi connectivity index (χ4n) is 5.96. The molecule has 0 bridgehead atoms. The van der Waals surface area contributed by atoms with Crippen molar-refractivity contribution in [3.8, 4) is 0 Å². The summed E-state index contributed by atoms with van der Waals surface area (Å²) in [6.07, 6.45) is -8.12. The standard InChI is InChI=1S/C30H33F6N5O3/c31-29(32,33)22-13-20(14-23(16-22)30(34,35)36)28(44)41-10-7-39(19-27(43)40-8-5-38(6-9-40)11-12-42)18-24(41)15-21-17-37-26-4-2-1-3-25(21)26/h1-4,13-14,16-17,24,37,42H,5-12,15,18-19H2/t24-/m1/s1. The second-order valence-corrected chi connectivity index (χ2v) is 11.2. The van der Waals surface area contributed by atoms with E-state index in [1.54, 1.807) is 11.1 Å². The van der Waals surface area contributed by atoms with E-state index in [-0.39, 0.29) is 51.2 Å². The number of benzene rings is 2. The molecule has 238 valence electrons. The molecule has 3 heterocycles. The molecule has 8 nitrogen and oxygen atoms in total. The van der Waals surface area contributed by atoms with Gasteiger partial charge in [-0.15, -0.1) is 0 Å². The molecular weight excluding hydrogens is 592 g/mol. The Morgan fingerprint density at radius 1 is 0.864 bits per heavy atom. The van der Waals surface area contributed by atoms with E-state index >= 15 is 0 Å². The predicted octanol–water partition coefficient (Wildman–Crippen LogP) is 3.71. The highest BCUT2D eigenvalue weighted by Crippen LogP contribution is 2.37. The highest BCUT2D eigenvalue weighted by Gasteiger charge is 2.39. The SMILES string of the molecule is O=C(CN1CCN(C(=O)c2cc(C(F)(F)F)cc(C(F)(F)F)c2)[C@H](Cc2c[nH]c3ccccc23)C1)N1CCN(CCO)CC1. The Morgan fingerprint density at radius 2 is 1.50 bits per heavy atom. The maximum Gasteiger partial charge on any atom is 0.416 e. The van der Waals surface area contributed by atoms with Crippen molar-refractivity contribution >= 4 is 22.7 Å². The third-order valence-electron chi connectivity index (χ3n) is 8.29. The van der Waals surface area contributed by atoms with Crippen LogP contribution in [-0.2, 0) is 23.6 Å². The van der Waals surface area contributed by atoms with Crippen molar-refractivity contribution in [1.29, 1.82) is 0 Å². The van der Waals surface area contributed by atoms with Crippen LogP contribution >= 0.6 is 0 Å². The van der Waals surface area contributed by atoms with Crippen LogP contribution in [-0.4, -0.2) is 113 Å². The van der Waals surface area contributed by atoms with Gasteiger partial charge < -0.3 is 19.9 Å². The quantitative estimate of drug-likeness (QED) is 0.392. The van der Waals surface area contributed by atoms with Crippen LogP contribution in [0.15, 0.2) is 48.7 Å². The van der Waals surface area contributed by atoms with Gasteiger partial charge >= 0.3 is 12.4 Å². The van der Waals surface area contributed by atoms with Gasteiger partial charge in [-0.3, -0.25) is 19.4 Å². The van der Waals surface area contributed by atoms with Crippen LogP contribution in [0, 0.1) is 0 Å². The highest BCUT2D eigenvalue weighted by atomic mass is 19.4. The fourth-order valence-corrected chi connectivity index (χ4v) is 5.96. The molecule has 14 heteroatoms. The van der Waals surface area contributed by atoms with E-state index in [2.05, 4.69) is 9.88 Å². The van der Waals surface area contributed by atoms with Gasteiger partial charge in [0.05, 0.1) is 24.3 Å². The van der Waals surface area contributed by atoms with Crippen molar-refractivity contribution in [1.82, 2.24) is 24.6 Å². The normalized spacial score (nSPS) is 19.1. The summed E-state index contributed by atoms with van der Waals surface area (Å²) in [5.41, 5.74) is -2.12. The molecule has 0 unspecified atom stereocenters. The number of aliphatic hydroxyl groups excluding tert-OH is 1. The molecule has 1 atom stereocenters. The molecular formula is C30H33F6N5O3. The zero-order chi connectivity index (χ0) is 31.6. The summed E-state index contributed by atoms with van der Waals surface area (Å²) in [6, 6.07) is 7.75. The number of amides is 2. The number of hydrogen-bond acceptors (Lipinski definition) is 5. The number of halogens is 6. The highest BCUT2D eigenvalue weighted by molar-refractivity contribution is 5.95. The molecule has 2 aromatic carbocycles. The van der Waals surface area contributed by atoms with Gasteiger partial charge in [0.25, 0.3) is 5.91 Å². The first-order valence-corrected chi connectivity index (χ1v) is 14.3. The number of fused-ring (bicyclic) bond motifs is 1. The minimum absolute atomic E-state index is 0.00732. The number of para-hydroxylation sites is 1. The van der Waals surface area contributed by atoms with Crippen LogP contribution in [0.25, 0.3) is 10.9 Å². The van der Waals surface area contributed by atoms with Crippen LogP contribution in [0.5, 0.6) is 0 Å². The van der Waals surface area contributed by atoms with Gasteiger partial charge in [-0.2, -0.15) is 26.3 Å². The summed E-state index contributed by atoms with van der Waals surface area (Å²) in [5, 5.41) is 10.0. The number of nitrogens with zero attached hydrogens (tertiary/aromatic N) is 4. The van der Waals surface area contributed by atoms with E-state index in [1.807, 2.05) is 29.2 Å². The second kappa shape index (κ2) is 12.8. The van der Waals surface area contributed by atoms with E-state index in [0.717, 1.165) is 16.5 Å². The smallest absolute Gasteiger partial charge is 0.395 e. The van der Waals surface area contributed by atoms with Crippen molar-refractivity contribution in [3.05, 3.63) is 70.9 Å². The molecule has 2 N–H and O–H groups in total. The van der Waals surface area contributed by atoms with E-state index in [4.69, 9.17) is 5.11 Å². The molecule has 0 saturated carbocycles. The van der Waals surface area contributed by atoms with Crippen molar-refractivity contribution in [2.24, 2.45) is 0 Å². The van der Waals surface area contributed by atoms with Gasteiger partial charge in [0.15, 0.2) is 0 Å². The number of β-amino-alcohol motifs (C(OH)–C–C–N with tert-alkyl or cyclic N) is 1. The lowest BCUT2D eigenvalue weighted by Gasteiger charge is -2.42. The summed E-state index contributed by atoms with van der Waals surface area (Å²) in [5.74, 6) is -1.04. The number of carbonyl (C=O) groups excluding carboxylic acids is 2. The lowest BCUT2D eigenvalue weighted by atomic mass is 9.98. The zero-order valence-electron chi connectivity index (χ0n) is 23.8. The minimum Gasteiger partial charge on any atom is -0.395 e. The van der Waals surface area contributed by atoms with Gasteiger partial charge in [0.2, 0.25) is 5.91 Å². The molecule has 0 spiro atoms. The zero-order valence-corrected chi connectivity index (χ0v) is 23.8. The van der Waals surface area contributed by atoms with E-state index in [9.17, 15) is 35.9 Å². The molecule has 2 aliphatic rings. The van der Waals surface area contributed by atoms with Crippen molar-refractivity contribution in [2.45, 2.75) is 24.8 Å². The van der Waals surface area contributed by atoms with Crippen LogP contribution in [0.4, 0.5) is 26.3 Å². The number of carbonyl (C=O) groups is 2. The Morgan fingerprint density at radius 3 is 2.14 bits per heavy atom. The van der Waals surface area contributed by atoms with E-state index < -0.39 is 41.0 Å². The Kier molecular flexibility index (Phi) is 9.23. The number of hydrogen-bond donors (Lipinski definition) is 2. The van der Waals surface area contributed by atoms with Crippen LogP contribution in [0.1, 0.15) is 27.0 Å². The predicted molar refractivity (Wildman–Crippen MR) is 150 cm³/mol. The first-order valence-electron chi connectivity index (χ1n) is 14.3. The number of aromatic amines is 1. The number of aromatic nitrogens is 1. The molecule has 2 saturated heterocycles. The van der Waals surface area contributed by atoms with Crippen molar-refractivity contribution in [2.75, 3.05) is 65.5 Å². The van der Waals surface area contributed by atoms with Gasteiger partial charge in [-0.05, 0) is 36.2 Å². The largest absolute Gasteiger partial charge is 0.416 e. The Bertz CT molecular complexity index is 1450. The number of rotatable bonds is 7. The summed E-state index contributed by atoms with van der Waals surface area (Å²) in [7, 11) is 0. The molecule has 2 fully saturated rings. The summed E-state index contributed by atoms with van der Waals surface area (Å²) >= 11 is 0. The topological polar surface area (TPSA) is 83.1 Å². The Balaban J connectivity index is 1.39. The third kappa shape index (κ3) is 7.19. The first-order chi connectivity index (χ1) is 20.8. The van der Waals surface area contributed by atoms with E-state index in [1.165, 1.54) is 4.90 Å². The second-order valence-electron chi connectivity index (χ2n) is 11.2. The van der Waals surface area contributed by atoms with Crippen molar-refractivity contribution in [3.63, 3.8) is 0 Å². The maximum atomic E-state index is 13.7. The monoisotopic (exact) mass is 625 g/mol. The average molecular weight is 626 g/mol. The van der Waals surface area contributed by atoms with Gasteiger partial charge in [-0.25, -0.2) is 0 Å². The number of H-pyrrole nitrogens is 1. The van der Waals surface area contributed by atoms with Crippen LogP contribution in [0.2, 0.25) is 0 Å². The lowest BCUT2D eigenvalue weighted by Crippen LogP contribution is -2.58. The molecule has 3 aromatic rings. The average Bonchev–Trinajstić information content (AvgIpc) is 3.39. The fraction of sp³-hybridized carbons (Fsp3) is 0.467. The third-order valence-corrected chi connectivity index (χ3v) is 8.29. The molecule has 2 aliphatic heterocycles. The number of aliphatic hydroxyl groups is 1. The van der Waals surface area contributed by atoms with Gasteiger partial charge in [0.1, 0.15) is 0 Å². The lowest BCUT2D eigenvalue weighted by molar-refractivity contribution is -0.143. The number of piperazine rings is 2. The van der Waals surface area contributed by atoms with Gasteiger partial charge in [-0.1, -0.05) is 18.2 Å². The minimum atomic E-state index is -5.08. The molecule has 1 aromatic heterocycles. The molecule has 44 heavy (non-hydrogen) atoms. The molecule has 5 rings (SSSR count). The van der Waals surface area contributed by atoms with Crippen LogP contribution in [0.3, 0.4) is 0 Å². The summed E-state index contributed by atoms with van der Waals surface area (Å²) < 4.78 is 81.3. The van der Waals surface area contributed by atoms with Gasteiger partial charge in [0, 0.05) is 81.1 Å². The maximum absolute atomic E-state index is 13.7. The first kappa shape index (κ1) is 31.8. The Labute approximate surface area is 249 Å². The summed E-state index contributed by atoms with van der Waals surface area (Å²) in [6.45, 7) is 3.35.